The molecule has 0 bridgehead atoms. The van der Waals surface area contributed by atoms with E-state index in [1.54, 1.807) is 60.7 Å². The zero-order chi connectivity index (χ0) is 92.4. The van der Waals surface area contributed by atoms with Crippen LogP contribution in [0.4, 0.5) is 87.8 Å². The maximum Gasteiger partial charge on any atom is 0.425 e. The Morgan fingerprint density at radius 3 is 0.756 bits per heavy atom. The van der Waals surface area contributed by atoms with E-state index in [-0.39, 0.29) is 52.2 Å². The first-order valence-corrected chi connectivity index (χ1v) is 46.6. The lowest BCUT2D eigenvalue weighted by atomic mass is 9.95. The molecule has 10 aromatic carbocycles. The molecule has 25 heteroatoms. The van der Waals surface area contributed by atoms with Gasteiger partial charge in [0.1, 0.15) is 53.5 Å². The molecule has 5 aromatic heterocycles. The van der Waals surface area contributed by atoms with Crippen molar-refractivity contribution in [3.63, 3.8) is 0 Å². The molecule has 131 heavy (non-hydrogen) atoms. The van der Waals surface area contributed by atoms with Gasteiger partial charge < -0.3 is 0 Å². The summed E-state index contributed by atoms with van der Waals surface area (Å²) in [5.74, 6) is 0.875. The zero-order valence-corrected chi connectivity index (χ0v) is 73.8. The quantitative estimate of drug-likeness (QED) is 0.0846. The van der Waals surface area contributed by atoms with E-state index in [0.29, 0.717) is 85.6 Å². The molecule has 0 aliphatic heterocycles. The van der Waals surface area contributed by atoms with Gasteiger partial charge in [-0.25, -0.2) is 22.0 Å². The Labute approximate surface area is 764 Å². The van der Waals surface area contributed by atoms with Crippen molar-refractivity contribution < 1.29 is 87.8 Å². The summed E-state index contributed by atoms with van der Waals surface area (Å²) in [5, 5.41) is 0. The molecule has 4 saturated carbocycles. The minimum Gasteiger partial charge on any atom is -0.206 e. The molecule has 0 N–H and O–H groups in total. The Morgan fingerprint density at radius 1 is 0.267 bits per heavy atom. The highest BCUT2D eigenvalue weighted by Gasteiger charge is 2.39. The Kier molecular flexibility index (Phi) is 27.8. The molecule has 0 saturated heterocycles. The lowest BCUT2D eigenvalue weighted by molar-refractivity contribution is -0.135. The van der Waals surface area contributed by atoms with Gasteiger partial charge in [0.2, 0.25) is 0 Å². The first-order chi connectivity index (χ1) is 62.5. The van der Waals surface area contributed by atoms with Crippen molar-refractivity contribution in [1.82, 2.24) is 0 Å². The van der Waals surface area contributed by atoms with Crippen LogP contribution in [0.15, 0.2) is 279 Å². The molecule has 20 rings (SSSR count). The van der Waals surface area contributed by atoms with E-state index in [1.165, 1.54) is 158 Å². The van der Waals surface area contributed by atoms with Gasteiger partial charge >= 0.3 is 30.9 Å². The lowest BCUT2D eigenvalue weighted by Crippen LogP contribution is -2.00. The van der Waals surface area contributed by atoms with E-state index >= 15 is 0 Å². The molecular formula is C106H80F20S5. The second-order valence-corrected chi connectivity index (χ2v) is 38.7. The molecular weight excluding hydrogens is 1810 g/mol. The molecule has 0 spiro atoms. The molecule has 2 unspecified atom stereocenters. The van der Waals surface area contributed by atoms with Gasteiger partial charge in [0.15, 0.2) is 0 Å². The Bertz CT molecular complexity index is 6510. The summed E-state index contributed by atoms with van der Waals surface area (Å²) in [6, 6.07) is 75.4. The predicted molar refractivity (Wildman–Crippen MR) is 489 cm³/mol. The Morgan fingerprint density at radius 2 is 0.519 bits per heavy atom. The fourth-order valence-electron chi connectivity index (χ4n) is 16.2. The molecule has 674 valence electrons. The number of rotatable bonds is 16. The van der Waals surface area contributed by atoms with Crippen molar-refractivity contribution in [3.05, 3.63) is 360 Å². The monoisotopic (exact) mass is 1890 g/mol. The first kappa shape index (κ1) is 93.3. The standard InChI is InChI=1S/C22H18F4S.C22H16F4S.2C21H16F4S.C20H14F4S/c2*23-19-13-17(16-7-5-15(6-8-16)14-3-1-2-4-14)9-10-18(19)20-11-12-21(27-20)22(24,25)26;1-12-10-17(12)14-4-2-13(3-5-14)15-6-7-16(18(22)11-15)19-8-9-20(26-19)21(23,24)25;22-18-12-16(15-5-3-14(4-6-15)11-13-1-2-13)7-8-17(18)19-9-10-20(26-19)21(23,24)25;21-17-11-15(14-5-3-13(4-6-14)12-1-2-12)7-8-16(17)18-9-10-19(25-18)20(22,23)24/h5-14H,1-4H2;3,5-13H,1-2,4H2;2-9,11-12,17H,10H2,1H3;3-10,12-13H,1-2,11H2;3-12H,1-2H2. The van der Waals surface area contributed by atoms with Gasteiger partial charge in [-0.1, -0.05) is 178 Å². The molecule has 0 nitrogen and oxygen atoms in total. The van der Waals surface area contributed by atoms with E-state index in [4.69, 9.17) is 0 Å². The number of thiophene rings is 5. The van der Waals surface area contributed by atoms with Crippen LogP contribution in [0.5, 0.6) is 0 Å². The molecule has 5 aliphatic rings. The second-order valence-electron chi connectivity index (χ2n) is 33.3. The van der Waals surface area contributed by atoms with Gasteiger partial charge in [0.25, 0.3) is 0 Å². The Hall–Kier alpha value is -11.0. The summed E-state index contributed by atoms with van der Waals surface area (Å²) in [6.07, 6.45) is -4.03. The summed E-state index contributed by atoms with van der Waals surface area (Å²) in [4.78, 5) is -2.22. The maximum atomic E-state index is 14.6. The van der Waals surface area contributed by atoms with Crippen molar-refractivity contribution in [2.24, 2.45) is 11.8 Å². The highest BCUT2D eigenvalue weighted by atomic mass is 32.1. The van der Waals surface area contributed by atoms with Crippen LogP contribution in [0.2, 0.25) is 0 Å². The summed E-state index contributed by atoms with van der Waals surface area (Å²) in [6.45, 7) is 2.22. The fraction of sp³-hybridized carbons (Fsp3) is 0.226. The third-order valence-electron chi connectivity index (χ3n) is 23.9. The summed E-state index contributed by atoms with van der Waals surface area (Å²) >= 11 is 2.78. The predicted octanol–water partition coefficient (Wildman–Crippen LogP) is 37.4. The van der Waals surface area contributed by atoms with Crippen LogP contribution in [0.25, 0.3) is 113 Å². The van der Waals surface area contributed by atoms with Crippen molar-refractivity contribution >= 4 is 62.3 Å². The van der Waals surface area contributed by atoms with Crippen molar-refractivity contribution in [1.29, 1.82) is 0 Å². The van der Waals surface area contributed by atoms with Gasteiger partial charge in [-0.2, -0.15) is 65.9 Å². The smallest absolute Gasteiger partial charge is 0.206 e. The number of halogens is 20. The van der Waals surface area contributed by atoms with E-state index in [0.717, 1.165) is 106 Å². The van der Waals surface area contributed by atoms with Crippen LogP contribution in [-0.2, 0) is 37.3 Å². The largest absolute Gasteiger partial charge is 0.425 e. The summed E-state index contributed by atoms with van der Waals surface area (Å²) < 4.78 is 264. The number of hydrogen-bond donors (Lipinski definition) is 0. The first-order valence-electron chi connectivity index (χ1n) is 42.5. The minimum atomic E-state index is -4.41. The van der Waals surface area contributed by atoms with Crippen LogP contribution in [-0.4, -0.2) is 0 Å². The van der Waals surface area contributed by atoms with Crippen LogP contribution in [0, 0.1) is 40.9 Å². The number of allylic oxidation sites excluding steroid dienone is 2. The maximum absolute atomic E-state index is 14.6. The molecule has 5 aliphatic carbocycles. The fourth-order valence-corrected chi connectivity index (χ4v) is 20.7. The van der Waals surface area contributed by atoms with Crippen LogP contribution in [0.1, 0.15) is 154 Å². The molecule has 15 aromatic rings. The van der Waals surface area contributed by atoms with E-state index in [2.05, 4.69) is 61.5 Å². The number of benzene rings is 10. The van der Waals surface area contributed by atoms with Gasteiger partial charge in [0.05, 0.1) is 0 Å². The molecule has 0 radical (unpaired) electrons. The number of alkyl halides is 15. The highest BCUT2D eigenvalue weighted by molar-refractivity contribution is 7.17. The topological polar surface area (TPSA) is 0 Å². The third-order valence-corrected chi connectivity index (χ3v) is 29.7. The molecule has 0 amide bonds. The van der Waals surface area contributed by atoms with Gasteiger partial charge in [0, 0.05) is 52.2 Å². The molecule has 2 atom stereocenters. The number of hydrogen-bond acceptors (Lipinski definition) is 5. The minimum absolute atomic E-state index is 0.187. The van der Waals surface area contributed by atoms with E-state index in [9.17, 15) is 87.8 Å². The van der Waals surface area contributed by atoms with Crippen molar-refractivity contribution in [2.45, 2.75) is 139 Å². The molecule has 5 heterocycles. The van der Waals surface area contributed by atoms with Crippen LogP contribution < -0.4 is 0 Å². The van der Waals surface area contributed by atoms with Gasteiger partial charge in [-0.3, -0.25) is 0 Å². The second kappa shape index (κ2) is 39.1. The van der Waals surface area contributed by atoms with E-state index in [1.807, 2.05) is 72.8 Å². The average Bonchev–Trinajstić information content (AvgIpc) is 1.71. The third kappa shape index (κ3) is 23.2. The summed E-state index contributed by atoms with van der Waals surface area (Å²) in [5.41, 5.74) is 16.8. The zero-order valence-electron chi connectivity index (χ0n) is 69.7. The average molecular weight is 1890 g/mol. The van der Waals surface area contributed by atoms with Crippen molar-refractivity contribution in [3.8, 4) is 108 Å². The molecule has 4 fully saturated rings. The SMILES string of the molecule is CC1CC1c1ccc(-c2ccc(-c3ccc(C(F)(F)F)s3)c(F)c2)cc1.Fc1cc(-c2ccc(C3=CCCC3)cc2)ccc1-c1ccc(C(F)(F)F)s1.Fc1cc(-c2ccc(C3CC3)cc2)ccc1-c1ccc(C(F)(F)F)s1.Fc1cc(-c2ccc(C3CCCC3)cc2)ccc1-c1ccc(C(F)(F)F)s1.Fc1cc(-c2ccc(CC3CC3)cc2)ccc1-c1ccc(C(F)(F)F)s1. The Balaban J connectivity index is 0.000000120. The highest BCUT2D eigenvalue weighted by Crippen LogP contribution is 2.50. The van der Waals surface area contributed by atoms with E-state index < -0.39 is 84.4 Å². The van der Waals surface area contributed by atoms with Gasteiger partial charge in [-0.15, -0.1) is 56.7 Å². The summed E-state index contributed by atoms with van der Waals surface area (Å²) in [7, 11) is 0. The van der Waals surface area contributed by atoms with Crippen molar-refractivity contribution in [2.75, 3.05) is 0 Å². The van der Waals surface area contributed by atoms with Crippen LogP contribution >= 0.6 is 56.7 Å². The van der Waals surface area contributed by atoms with Gasteiger partial charge in [-0.05, 0) is 311 Å². The normalized spacial score (nSPS) is 15.7. The van der Waals surface area contributed by atoms with Crippen LogP contribution in [0.3, 0.4) is 0 Å². The lowest BCUT2D eigenvalue weighted by Gasteiger charge is -2.11.